The molecule has 12 heteroatoms. The highest BCUT2D eigenvalue weighted by atomic mass is 19.3. The number of halogens is 2. The first kappa shape index (κ1) is 29.8. The van der Waals surface area contributed by atoms with E-state index < -0.39 is 36.5 Å². The Morgan fingerprint density at radius 2 is 2.00 bits per heavy atom. The number of hydrogen-bond acceptors (Lipinski definition) is 7. The zero-order valence-electron chi connectivity index (χ0n) is 22.0. The number of amides is 2. The number of rotatable bonds is 10. The Morgan fingerprint density at radius 3 is 2.61 bits per heavy atom. The molecule has 2 heterocycles. The first-order valence-electron chi connectivity index (χ1n) is 13.0. The number of nitrogens with one attached hydrogen (secondary N) is 1. The number of alkyl halides is 2. The summed E-state index contributed by atoms with van der Waals surface area (Å²) in [4.78, 5) is 28.8. The monoisotopic (exact) mass is 534 g/mol. The van der Waals surface area contributed by atoms with Crippen LogP contribution in [0.15, 0.2) is 30.3 Å². The molecule has 3 N–H and O–H groups in total. The lowest BCUT2D eigenvalue weighted by molar-refractivity contribution is -0.137. The van der Waals surface area contributed by atoms with Crippen LogP contribution in [0.25, 0.3) is 0 Å². The average molecular weight is 534 g/mol. The molecule has 2 fully saturated rings. The number of carbonyl (C=O) groups excluding carboxylic acids is 2. The van der Waals surface area contributed by atoms with E-state index in [9.17, 15) is 33.7 Å². The van der Waals surface area contributed by atoms with Gasteiger partial charge in [0.05, 0.1) is 25.2 Å². The van der Waals surface area contributed by atoms with Crippen LogP contribution in [0, 0.1) is 23.2 Å². The van der Waals surface area contributed by atoms with Gasteiger partial charge in [0.15, 0.2) is 0 Å². The molecule has 3 atom stereocenters. The normalized spacial score (nSPS) is 21.3. The molecular formula is C26H37BF2N4O5. The molecule has 1 aromatic carbocycles. The Hall–Kier alpha value is -2.75. The van der Waals surface area contributed by atoms with E-state index in [4.69, 9.17) is 4.74 Å². The predicted molar refractivity (Wildman–Crippen MR) is 137 cm³/mol. The Bertz CT molecular complexity index is 992. The zero-order valence-corrected chi connectivity index (χ0v) is 22.0. The highest BCUT2D eigenvalue weighted by molar-refractivity contribution is 6.43. The van der Waals surface area contributed by atoms with Gasteiger partial charge in [-0.2, -0.15) is 5.26 Å². The van der Waals surface area contributed by atoms with Crippen LogP contribution in [0.3, 0.4) is 0 Å². The lowest BCUT2D eigenvalue weighted by atomic mass is 9.76. The van der Waals surface area contributed by atoms with Crippen LogP contribution in [0.2, 0.25) is 0 Å². The number of hydrogen-bond donors (Lipinski definition) is 3. The second kappa shape index (κ2) is 12.9. The van der Waals surface area contributed by atoms with Crippen LogP contribution in [0.4, 0.5) is 13.6 Å². The quantitative estimate of drug-likeness (QED) is 0.393. The van der Waals surface area contributed by atoms with Gasteiger partial charge in [0, 0.05) is 37.5 Å². The maximum Gasteiger partial charge on any atom is 0.475 e. The summed E-state index contributed by atoms with van der Waals surface area (Å²) in [6.07, 6.45) is 0.728. The first-order valence-corrected chi connectivity index (χ1v) is 13.0. The van der Waals surface area contributed by atoms with Crippen LogP contribution in [-0.4, -0.2) is 89.2 Å². The second-order valence-electron chi connectivity index (χ2n) is 11.0. The summed E-state index contributed by atoms with van der Waals surface area (Å²) < 4.78 is 32.8. The molecule has 0 aromatic heterocycles. The molecule has 1 unspecified atom stereocenters. The summed E-state index contributed by atoms with van der Waals surface area (Å²) in [5.41, 5.74) is 0.0842. The van der Waals surface area contributed by atoms with E-state index in [1.54, 1.807) is 23.6 Å². The fourth-order valence-corrected chi connectivity index (χ4v) is 5.18. The maximum absolute atomic E-state index is 13.7. The third-order valence-corrected chi connectivity index (χ3v) is 7.43. The summed E-state index contributed by atoms with van der Waals surface area (Å²) in [6.45, 7) is 4.22. The molecule has 2 saturated heterocycles. The number of nitrogens with zero attached hydrogens (tertiary/aromatic N) is 3. The number of nitriles is 1. The Labute approximate surface area is 222 Å². The molecule has 208 valence electrons. The van der Waals surface area contributed by atoms with Gasteiger partial charge in [-0.3, -0.25) is 9.69 Å². The number of piperidine rings is 1. The smallest absolute Gasteiger partial charge is 0.449 e. The Morgan fingerprint density at radius 1 is 1.29 bits per heavy atom. The number of ether oxygens (including phenoxy) is 1. The van der Waals surface area contributed by atoms with E-state index in [1.807, 2.05) is 30.3 Å². The first-order chi connectivity index (χ1) is 17.9. The molecule has 0 spiro atoms. The molecule has 2 aliphatic heterocycles. The predicted octanol–water partition coefficient (Wildman–Crippen LogP) is 2.22. The fraction of sp³-hybridized carbons (Fsp3) is 0.654. The maximum atomic E-state index is 13.7. The van der Waals surface area contributed by atoms with E-state index in [2.05, 4.69) is 11.4 Å². The standard InChI is InChI=1S/C26H37BF2N4O5/c1-25(2,33-12-10-26(28,29)18-33)14-21(15-30)23(34)32-11-6-9-20(16-32)17-38-24(35)31-22(27(36)37)13-19-7-4-3-5-8-19/h3-5,7-8,20-22,36-37H,6,9-14,16-18H2,1-2H3,(H,31,35)/t20-,21?,22-/m0/s1. The number of alkyl carbamates (subject to hydrolysis) is 1. The van der Waals surface area contributed by atoms with Crippen LogP contribution in [-0.2, 0) is 16.0 Å². The van der Waals surface area contributed by atoms with Crippen molar-refractivity contribution in [1.29, 1.82) is 5.26 Å². The van der Waals surface area contributed by atoms with Gasteiger partial charge in [-0.05, 0) is 45.1 Å². The van der Waals surface area contributed by atoms with Crippen molar-refractivity contribution >= 4 is 19.1 Å². The molecule has 0 saturated carbocycles. The number of likely N-dealkylation sites (tertiary alicyclic amines) is 2. The molecule has 2 aliphatic rings. The van der Waals surface area contributed by atoms with E-state index in [1.165, 1.54) is 0 Å². The molecule has 9 nitrogen and oxygen atoms in total. The van der Waals surface area contributed by atoms with Gasteiger partial charge in [-0.1, -0.05) is 30.3 Å². The zero-order chi connectivity index (χ0) is 27.9. The fourth-order valence-electron chi connectivity index (χ4n) is 5.18. The van der Waals surface area contributed by atoms with Crippen molar-refractivity contribution in [1.82, 2.24) is 15.1 Å². The van der Waals surface area contributed by atoms with Crippen molar-refractivity contribution in [2.24, 2.45) is 11.8 Å². The Balaban J connectivity index is 1.50. The summed E-state index contributed by atoms with van der Waals surface area (Å²) in [7, 11) is -1.77. The van der Waals surface area contributed by atoms with Crippen molar-refractivity contribution < 1.29 is 33.2 Å². The van der Waals surface area contributed by atoms with Crippen molar-refractivity contribution in [2.75, 3.05) is 32.8 Å². The average Bonchev–Trinajstić information content (AvgIpc) is 3.26. The van der Waals surface area contributed by atoms with Crippen LogP contribution < -0.4 is 5.32 Å². The lowest BCUT2D eigenvalue weighted by Crippen LogP contribution is -2.50. The van der Waals surface area contributed by atoms with Crippen molar-refractivity contribution in [3.63, 3.8) is 0 Å². The highest BCUT2D eigenvalue weighted by Gasteiger charge is 2.45. The minimum absolute atomic E-state index is 0.0285. The second-order valence-corrected chi connectivity index (χ2v) is 11.0. The molecule has 0 aliphatic carbocycles. The molecule has 38 heavy (non-hydrogen) atoms. The summed E-state index contributed by atoms with van der Waals surface area (Å²) >= 11 is 0. The summed E-state index contributed by atoms with van der Waals surface area (Å²) in [5, 5.41) is 31.5. The van der Waals surface area contributed by atoms with Crippen molar-refractivity contribution in [3.05, 3.63) is 35.9 Å². The molecular weight excluding hydrogens is 497 g/mol. The van der Waals surface area contributed by atoms with Gasteiger partial charge in [0.1, 0.15) is 5.92 Å². The minimum Gasteiger partial charge on any atom is -0.449 e. The third kappa shape index (κ3) is 8.38. The van der Waals surface area contributed by atoms with Crippen LogP contribution in [0.5, 0.6) is 0 Å². The number of benzene rings is 1. The number of carbonyl (C=O) groups is 2. The van der Waals surface area contributed by atoms with E-state index in [0.29, 0.717) is 19.5 Å². The van der Waals surface area contributed by atoms with Gasteiger partial charge in [-0.15, -0.1) is 0 Å². The molecule has 3 rings (SSSR count). The van der Waals surface area contributed by atoms with Crippen LogP contribution >= 0.6 is 0 Å². The van der Waals surface area contributed by atoms with Crippen molar-refractivity contribution in [2.45, 2.75) is 63.4 Å². The molecule has 0 radical (unpaired) electrons. The van der Waals surface area contributed by atoms with E-state index >= 15 is 0 Å². The lowest BCUT2D eigenvalue weighted by Gasteiger charge is -2.38. The van der Waals surface area contributed by atoms with E-state index in [0.717, 1.165) is 12.0 Å². The van der Waals surface area contributed by atoms with Crippen molar-refractivity contribution in [3.8, 4) is 6.07 Å². The summed E-state index contributed by atoms with van der Waals surface area (Å²) in [6, 6.07) is 11.2. The minimum atomic E-state index is -2.76. The Kier molecular flexibility index (Phi) is 10.1. The molecule has 2 amide bonds. The molecule has 0 bridgehead atoms. The van der Waals surface area contributed by atoms with Gasteiger partial charge in [0.2, 0.25) is 5.91 Å². The summed E-state index contributed by atoms with van der Waals surface area (Å²) in [5.74, 6) is -5.16. The largest absolute Gasteiger partial charge is 0.475 e. The van der Waals surface area contributed by atoms with Gasteiger partial charge >= 0.3 is 13.2 Å². The SMILES string of the molecule is CC(C)(CC(C#N)C(=O)N1CCC[C@H](COC(=O)N[C@@H](Cc2ccccc2)B(O)O)C1)N1CCC(F)(F)C1. The van der Waals surface area contributed by atoms with Gasteiger partial charge < -0.3 is 25.0 Å². The van der Waals surface area contributed by atoms with E-state index in [-0.39, 0.29) is 50.8 Å². The molecule has 1 aromatic rings. The van der Waals surface area contributed by atoms with Gasteiger partial charge in [0.25, 0.3) is 5.92 Å². The topological polar surface area (TPSA) is 126 Å². The van der Waals surface area contributed by atoms with Crippen LogP contribution in [0.1, 0.15) is 45.1 Å². The highest BCUT2D eigenvalue weighted by Crippen LogP contribution is 2.35. The third-order valence-electron chi connectivity index (χ3n) is 7.43. The van der Waals surface area contributed by atoms with Gasteiger partial charge in [-0.25, -0.2) is 13.6 Å².